The molecule has 1 aliphatic rings. The highest BCUT2D eigenvalue weighted by Crippen LogP contribution is 2.31. The largest absolute Gasteiger partial charge is 0.326 e. The molecule has 1 aromatic rings. The first-order valence-corrected chi connectivity index (χ1v) is 9.13. The van der Waals surface area contributed by atoms with Crippen LogP contribution in [0.2, 0.25) is 0 Å². The highest BCUT2D eigenvalue weighted by Gasteiger charge is 2.33. The summed E-state index contributed by atoms with van der Waals surface area (Å²) in [5.74, 6) is 0. The molecule has 0 spiro atoms. The molecule has 1 atom stereocenters. The standard InChI is InChI=1S/C13H23N3O2S2/c1-10-9-19-12(7-14)13(10)20(17,18)16-6-4-5-11(8-16)15(2)3/h9,11H,4-8,14H2,1-3H3. The minimum atomic E-state index is -3.42. The second-order valence-corrected chi connectivity index (χ2v) is 8.34. The van der Waals surface area contributed by atoms with Crippen LogP contribution in [-0.2, 0) is 16.6 Å². The Bertz CT molecular complexity index is 566. The van der Waals surface area contributed by atoms with Crippen LogP contribution >= 0.6 is 11.3 Å². The van der Waals surface area contributed by atoms with E-state index >= 15 is 0 Å². The maximum atomic E-state index is 12.9. The van der Waals surface area contributed by atoms with Crippen molar-refractivity contribution in [1.29, 1.82) is 0 Å². The minimum Gasteiger partial charge on any atom is -0.326 e. The van der Waals surface area contributed by atoms with Crippen molar-refractivity contribution in [3.63, 3.8) is 0 Å². The summed E-state index contributed by atoms with van der Waals surface area (Å²) in [6.07, 6.45) is 1.95. The zero-order chi connectivity index (χ0) is 14.9. The molecular formula is C13H23N3O2S2. The van der Waals surface area contributed by atoms with Gasteiger partial charge in [-0.2, -0.15) is 4.31 Å². The molecule has 7 heteroatoms. The van der Waals surface area contributed by atoms with Crippen LogP contribution in [-0.4, -0.2) is 50.8 Å². The third-order valence-electron chi connectivity index (χ3n) is 3.86. The van der Waals surface area contributed by atoms with E-state index in [9.17, 15) is 8.42 Å². The van der Waals surface area contributed by atoms with Crippen LogP contribution < -0.4 is 5.73 Å². The van der Waals surface area contributed by atoms with Crippen LogP contribution in [0, 0.1) is 6.92 Å². The van der Waals surface area contributed by atoms with Gasteiger partial charge in [-0.25, -0.2) is 8.42 Å². The average molecular weight is 317 g/mol. The van der Waals surface area contributed by atoms with Crippen molar-refractivity contribution >= 4 is 21.4 Å². The van der Waals surface area contributed by atoms with Gasteiger partial charge in [-0.1, -0.05) is 0 Å². The Morgan fingerprint density at radius 2 is 2.20 bits per heavy atom. The van der Waals surface area contributed by atoms with E-state index in [0.29, 0.717) is 24.0 Å². The third kappa shape index (κ3) is 2.92. The van der Waals surface area contributed by atoms with Gasteiger partial charge in [0, 0.05) is 30.6 Å². The molecule has 2 heterocycles. The number of rotatable bonds is 4. The molecule has 0 aromatic carbocycles. The number of thiophene rings is 1. The predicted molar refractivity (Wildman–Crippen MR) is 82.4 cm³/mol. The first kappa shape index (κ1) is 15.9. The number of piperidine rings is 1. The zero-order valence-electron chi connectivity index (χ0n) is 12.3. The number of nitrogens with zero attached hydrogens (tertiary/aromatic N) is 2. The van der Waals surface area contributed by atoms with Crippen LogP contribution in [0.1, 0.15) is 23.3 Å². The van der Waals surface area contributed by atoms with Crippen molar-refractivity contribution in [2.45, 2.75) is 37.2 Å². The quantitative estimate of drug-likeness (QED) is 0.907. The maximum Gasteiger partial charge on any atom is 0.244 e. The van der Waals surface area contributed by atoms with Crippen LogP contribution in [0.15, 0.2) is 10.3 Å². The first-order valence-electron chi connectivity index (χ1n) is 6.81. The third-order valence-corrected chi connectivity index (χ3v) is 7.21. The number of nitrogens with two attached hydrogens (primary N) is 1. The lowest BCUT2D eigenvalue weighted by Gasteiger charge is -2.35. The zero-order valence-corrected chi connectivity index (χ0v) is 13.9. The summed E-state index contributed by atoms with van der Waals surface area (Å²) < 4.78 is 27.4. The van der Waals surface area contributed by atoms with Crippen molar-refractivity contribution in [3.05, 3.63) is 15.8 Å². The van der Waals surface area contributed by atoms with Crippen molar-refractivity contribution in [2.75, 3.05) is 27.2 Å². The van der Waals surface area contributed by atoms with E-state index in [1.165, 1.54) is 11.3 Å². The number of sulfonamides is 1. The number of hydrogen-bond donors (Lipinski definition) is 1. The Morgan fingerprint density at radius 3 is 2.80 bits per heavy atom. The van der Waals surface area contributed by atoms with Gasteiger partial charge in [-0.3, -0.25) is 0 Å². The normalized spacial score (nSPS) is 21.6. The number of aryl methyl sites for hydroxylation is 1. The van der Waals surface area contributed by atoms with Crippen molar-refractivity contribution in [3.8, 4) is 0 Å². The smallest absolute Gasteiger partial charge is 0.244 e. The fourth-order valence-corrected chi connectivity index (χ4v) is 5.83. The summed E-state index contributed by atoms with van der Waals surface area (Å²) >= 11 is 1.43. The van der Waals surface area contributed by atoms with Gasteiger partial charge in [0.15, 0.2) is 0 Å². The number of hydrogen-bond acceptors (Lipinski definition) is 5. The fourth-order valence-electron chi connectivity index (χ4n) is 2.66. The number of likely N-dealkylation sites (N-methyl/N-ethyl adjacent to an activating group) is 1. The molecule has 0 amide bonds. The fraction of sp³-hybridized carbons (Fsp3) is 0.692. The molecule has 0 aliphatic carbocycles. The van der Waals surface area contributed by atoms with Gasteiger partial charge in [0.2, 0.25) is 10.0 Å². The highest BCUT2D eigenvalue weighted by molar-refractivity contribution is 7.89. The Labute approximate surface area is 125 Å². The Kier molecular flexibility index (Phi) is 4.86. The van der Waals surface area contributed by atoms with Crippen molar-refractivity contribution in [2.24, 2.45) is 5.73 Å². The molecule has 114 valence electrons. The van der Waals surface area contributed by atoms with Gasteiger partial charge in [0.05, 0.1) is 0 Å². The molecule has 5 nitrogen and oxygen atoms in total. The SMILES string of the molecule is Cc1csc(CN)c1S(=O)(=O)N1CCCC(N(C)C)C1. The lowest BCUT2D eigenvalue weighted by atomic mass is 10.1. The molecule has 0 radical (unpaired) electrons. The van der Waals surface area contributed by atoms with E-state index in [1.807, 2.05) is 26.4 Å². The van der Waals surface area contributed by atoms with Gasteiger partial charge >= 0.3 is 0 Å². The van der Waals surface area contributed by atoms with Crippen LogP contribution in [0.5, 0.6) is 0 Å². The van der Waals surface area contributed by atoms with E-state index < -0.39 is 10.0 Å². The molecule has 1 aromatic heterocycles. The second-order valence-electron chi connectivity index (χ2n) is 5.50. The predicted octanol–water partition coefficient (Wildman–Crippen LogP) is 1.23. The molecule has 0 saturated carbocycles. The molecule has 1 aliphatic heterocycles. The molecule has 2 rings (SSSR count). The summed E-state index contributed by atoms with van der Waals surface area (Å²) in [5.41, 5.74) is 6.49. The van der Waals surface area contributed by atoms with Gasteiger partial charge in [-0.15, -0.1) is 11.3 Å². The lowest BCUT2D eigenvalue weighted by Crippen LogP contribution is -2.47. The Hall–Kier alpha value is -0.470. The summed E-state index contributed by atoms with van der Waals surface area (Å²) in [4.78, 5) is 3.30. The topological polar surface area (TPSA) is 66.6 Å². The Balaban J connectivity index is 2.32. The molecule has 20 heavy (non-hydrogen) atoms. The molecule has 1 saturated heterocycles. The molecule has 2 N–H and O–H groups in total. The van der Waals surface area contributed by atoms with Crippen LogP contribution in [0.3, 0.4) is 0 Å². The molecule has 0 bridgehead atoms. The van der Waals surface area contributed by atoms with Crippen LogP contribution in [0.25, 0.3) is 0 Å². The highest BCUT2D eigenvalue weighted by atomic mass is 32.2. The average Bonchev–Trinajstić information content (AvgIpc) is 2.80. The van der Waals surface area contributed by atoms with E-state index in [1.54, 1.807) is 4.31 Å². The van der Waals surface area contributed by atoms with E-state index in [4.69, 9.17) is 5.73 Å². The molecule has 1 unspecified atom stereocenters. The second kappa shape index (κ2) is 6.11. The lowest BCUT2D eigenvalue weighted by molar-refractivity contribution is 0.190. The summed E-state index contributed by atoms with van der Waals surface area (Å²) in [7, 11) is 0.582. The summed E-state index contributed by atoms with van der Waals surface area (Å²) in [6, 6.07) is 0.291. The van der Waals surface area contributed by atoms with E-state index in [0.717, 1.165) is 23.3 Å². The molecular weight excluding hydrogens is 294 g/mol. The maximum absolute atomic E-state index is 12.9. The summed E-state index contributed by atoms with van der Waals surface area (Å²) in [6.45, 7) is 3.29. The van der Waals surface area contributed by atoms with Crippen molar-refractivity contribution in [1.82, 2.24) is 9.21 Å². The van der Waals surface area contributed by atoms with Crippen LogP contribution in [0.4, 0.5) is 0 Å². The van der Waals surface area contributed by atoms with Crippen molar-refractivity contribution < 1.29 is 8.42 Å². The van der Waals surface area contributed by atoms with Gasteiger partial charge in [0.25, 0.3) is 0 Å². The van der Waals surface area contributed by atoms with Gasteiger partial charge < -0.3 is 10.6 Å². The summed E-state index contributed by atoms with van der Waals surface area (Å²) in [5, 5.41) is 1.88. The van der Waals surface area contributed by atoms with E-state index in [-0.39, 0.29) is 6.54 Å². The van der Waals surface area contributed by atoms with Gasteiger partial charge in [-0.05, 0) is 44.8 Å². The first-order chi connectivity index (χ1) is 9.37. The van der Waals surface area contributed by atoms with Gasteiger partial charge in [0.1, 0.15) is 4.90 Å². The minimum absolute atomic E-state index is 0.276. The monoisotopic (exact) mass is 317 g/mol. The Morgan fingerprint density at radius 1 is 1.50 bits per heavy atom. The molecule has 1 fully saturated rings. The van der Waals surface area contributed by atoms with E-state index in [2.05, 4.69) is 4.90 Å².